The van der Waals surface area contributed by atoms with Crippen LogP contribution in [0.25, 0.3) is 0 Å². The number of amides is 1. The van der Waals surface area contributed by atoms with Crippen molar-refractivity contribution in [3.05, 3.63) is 83.9 Å². The molecule has 168 valence electrons. The molecule has 0 atom stereocenters. The molecule has 6 nitrogen and oxygen atoms in total. The van der Waals surface area contributed by atoms with Crippen LogP contribution in [0.5, 0.6) is 5.75 Å². The van der Waals surface area contributed by atoms with Gasteiger partial charge in [-0.15, -0.1) is 0 Å². The van der Waals surface area contributed by atoms with Crippen LogP contribution in [0.4, 0.5) is 24.5 Å². The third-order valence-corrected chi connectivity index (χ3v) is 6.00. The van der Waals surface area contributed by atoms with Crippen LogP contribution >= 0.6 is 0 Å². The number of benzene rings is 3. The Morgan fingerprint density at radius 3 is 2.25 bits per heavy atom. The lowest BCUT2D eigenvalue weighted by Crippen LogP contribution is -2.26. The second kappa shape index (κ2) is 8.91. The van der Waals surface area contributed by atoms with Crippen LogP contribution in [0.2, 0.25) is 0 Å². The second-order valence-corrected chi connectivity index (χ2v) is 8.43. The molecule has 10 heteroatoms. The van der Waals surface area contributed by atoms with Crippen molar-refractivity contribution < 1.29 is 31.1 Å². The zero-order valence-corrected chi connectivity index (χ0v) is 17.9. The lowest BCUT2D eigenvalue weighted by molar-refractivity contribution is -0.137. The van der Waals surface area contributed by atoms with Gasteiger partial charge in [0, 0.05) is 18.3 Å². The van der Waals surface area contributed by atoms with Crippen molar-refractivity contribution in [2.45, 2.75) is 11.1 Å². The molecule has 3 aromatic rings. The van der Waals surface area contributed by atoms with E-state index in [0.717, 1.165) is 12.1 Å². The Hall–Kier alpha value is -3.53. The summed E-state index contributed by atoms with van der Waals surface area (Å²) < 4.78 is 71.1. The lowest BCUT2D eigenvalue weighted by atomic mass is 10.2. The fraction of sp³-hybridized carbons (Fsp3) is 0.136. The van der Waals surface area contributed by atoms with E-state index in [1.165, 1.54) is 42.3 Å². The van der Waals surface area contributed by atoms with Crippen LogP contribution in [0, 0.1) is 0 Å². The molecule has 0 heterocycles. The summed E-state index contributed by atoms with van der Waals surface area (Å²) in [6.45, 7) is 0. The highest BCUT2D eigenvalue weighted by molar-refractivity contribution is 7.92. The van der Waals surface area contributed by atoms with E-state index in [-0.39, 0.29) is 16.1 Å². The number of sulfonamides is 1. The maximum Gasteiger partial charge on any atom is 0.416 e. The largest absolute Gasteiger partial charge is 0.495 e. The van der Waals surface area contributed by atoms with Gasteiger partial charge in [-0.3, -0.25) is 9.52 Å². The van der Waals surface area contributed by atoms with Crippen molar-refractivity contribution in [1.82, 2.24) is 0 Å². The Morgan fingerprint density at radius 1 is 0.969 bits per heavy atom. The molecule has 0 saturated carbocycles. The third-order valence-electron chi connectivity index (χ3n) is 4.60. The normalized spacial score (nSPS) is 11.7. The molecule has 3 aromatic carbocycles. The highest BCUT2D eigenvalue weighted by atomic mass is 32.2. The Labute approximate surface area is 183 Å². The number of anilines is 2. The highest BCUT2D eigenvalue weighted by Gasteiger charge is 2.30. The van der Waals surface area contributed by atoms with Gasteiger partial charge in [0.15, 0.2) is 0 Å². The number of hydrogen-bond donors (Lipinski definition) is 1. The van der Waals surface area contributed by atoms with Crippen molar-refractivity contribution in [3.63, 3.8) is 0 Å². The molecule has 0 unspecified atom stereocenters. The molecule has 0 spiro atoms. The smallest absolute Gasteiger partial charge is 0.416 e. The first-order chi connectivity index (χ1) is 15.0. The first-order valence-electron chi connectivity index (χ1n) is 9.24. The van der Waals surface area contributed by atoms with Crippen molar-refractivity contribution in [2.24, 2.45) is 0 Å². The second-order valence-electron chi connectivity index (χ2n) is 6.74. The number of carbonyl (C=O) groups excluding carboxylic acids is 1. The SMILES string of the molecule is COc1ccccc1N(C)C(=O)c1ccc(S(=O)(=O)Nc2cccc(C(F)(F)F)c2)cc1. The molecule has 0 aliphatic carbocycles. The summed E-state index contributed by atoms with van der Waals surface area (Å²) in [5.74, 6) is 0.0946. The van der Waals surface area contributed by atoms with Gasteiger partial charge in [-0.05, 0) is 54.6 Å². The van der Waals surface area contributed by atoms with Crippen molar-refractivity contribution in [2.75, 3.05) is 23.8 Å². The van der Waals surface area contributed by atoms with Crippen LogP contribution in [0.3, 0.4) is 0 Å². The van der Waals surface area contributed by atoms with Gasteiger partial charge >= 0.3 is 6.18 Å². The average Bonchev–Trinajstić information content (AvgIpc) is 2.77. The molecule has 1 amide bonds. The third kappa shape index (κ3) is 5.02. The molecule has 0 aliphatic heterocycles. The summed E-state index contributed by atoms with van der Waals surface area (Å²) >= 11 is 0. The van der Waals surface area contributed by atoms with Crippen molar-refractivity contribution >= 4 is 27.3 Å². The monoisotopic (exact) mass is 464 g/mol. The van der Waals surface area contributed by atoms with E-state index in [1.807, 2.05) is 0 Å². The minimum atomic E-state index is -4.60. The van der Waals surface area contributed by atoms with Crippen molar-refractivity contribution in [1.29, 1.82) is 0 Å². The number of nitrogens with zero attached hydrogens (tertiary/aromatic N) is 1. The van der Waals surface area contributed by atoms with E-state index < -0.39 is 27.7 Å². The quantitative estimate of drug-likeness (QED) is 0.569. The minimum absolute atomic E-state index is 0.202. The van der Waals surface area contributed by atoms with E-state index >= 15 is 0 Å². The van der Waals surface area contributed by atoms with E-state index in [1.54, 1.807) is 31.3 Å². The summed E-state index contributed by atoms with van der Waals surface area (Å²) in [6, 6.07) is 15.9. The Kier molecular flexibility index (Phi) is 6.45. The number of alkyl halides is 3. The van der Waals surface area contributed by atoms with Crippen LogP contribution in [0.1, 0.15) is 15.9 Å². The number of rotatable bonds is 6. The number of hydrogen-bond acceptors (Lipinski definition) is 4. The molecule has 3 rings (SSSR count). The van der Waals surface area contributed by atoms with Gasteiger partial charge in [0.25, 0.3) is 15.9 Å². The molecule has 0 bridgehead atoms. The summed E-state index contributed by atoms with van der Waals surface area (Å²) in [5.41, 5.74) is -0.451. The van der Waals surface area contributed by atoms with Crippen molar-refractivity contribution in [3.8, 4) is 5.75 Å². The first-order valence-corrected chi connectivity index (χ1v) is 10.7. The van der Waals surface area contributed by atoms with Gasteiger partial charge < -0.3 is 9.64 Å². The molecule has 1 N–H and O–H groups in total. The molecular formula is C22H19F3N2O4S. The highest BCUT2D eigenvalue weighted by Crippen LogP contribution is 2.31. The van der Waals surface area contributed by atoms with Crippen LogP contribution in [-0.2, 0) is 16.2 Å². The van der Waals surface area contributed by atoms with Gasteiger partial charge in [0.05, 0.1) is 23.3 Å². The van der Waals surface area contributed by atoms with Crippen LogP contribution < -0.4 is 14.4 Å². The van der Waals surface area contributed by atoms with E-state index in [4.69, 9.17) is 4.74 Å². The van der Waals surface area contributed by atoms with E-state index in [2.05, 4.69) is 4.72 Å². The summed E-state index contributed by atoms with van der Waals surface area (Å²) in [5, 5.41) is 0. The maximum absolute atomic E-state index is 12.9. The van der Waals surface area contributed by atoms with Crippen LogP contribution in [0.15, 0.2) is 77.7 Å². The van der Waals surface area contributed by atoms with Gasteiger partial charge in [-0.2, -0.15) is 13.2 Å². The standard InChI is InChI=1S/C22H19F3N2O4S/c1-27(19-8-3-4-9-20(19)31-2)21(28)15-10-12-18(13-11-15)32(29,30)26-17-7-5-6-16(14-17)22(23,24)25/h3-14,26H,1-2H3. The van der Waals surface area contributed by atoms with E-state index in [9.17, 15) is 26.4 Å². The van der Waals surface area contributed by atoms with E-state index in [0.29, 0.717) is 17.5 Å². The molecular weight excluding hydrogens is 445 g/mol. The maximum atomic E-state index is 12.9. The Balaban J connectivity index is 1.81. The molecule has 32 heavy (non-hydrogen) atoms. The number of nitrogens with one attached hydrogen (secondary N) is 1. The molecule has 0 saturated heterocycles. The lowest BCUT2D eigenvalue weighted by Gasteiger charge is -2.20. The number of ether oxygens (including phenoxy) is 1. The fourth-order valence-electron chi connectivity index (χ4n) is 2.96. The topological polar surface area (TPSA) is 75.7 Å². The van der Waals surface area contributed by atoms with Gasteiger partial charge in [-0.1, -0.05) is 18.2 Å². The van der Waals surface area contributed by atoms with Gasteiger partial charge in [0.2, 0.25) is 0 Å². The first kappa shape index (κ1) is 23.1. The number of halogens is 3. The number of carbonyl (C=O) groups is 1. The predicted molar refractivity (Wildman–Crippen MR) is 114 cm³/mol. The van der Waals surface area contributed by atoms with Crippen LogP contribution in [-0.4, -0.2) is 28.5 Å². The molecule has 0 fully saturated rings. The summed E-state index contributed by atoms with van der Waals surface area (Å²) in [6.07, 6.45) is -4.60. The molecule has 0 radical (unpaired) electrons. The summed E-state index contributed by atoms with van der Waals surface area (Å²) in [4.78, 5) is 14.0. The zero-order valence-electron chi connectivity index (χ0n) is 17.1. The molecule has 0 aromatic heterocycles. The zero-order chi connectivity index (χ0) is 23.5. The van der Waals surface area contributed by atoms with Gasteiger partial charge in [-0.25, -0.2) is 8.42 Å². The Bertz CT molecular complexity index is 1230. The number of methoxy groups -OCH3 is 1. The number of para-hydroxylation sites is 2. The fourth-order valence-corrected chi connectivity index (χ4v) is 4.01. The summed E-state index contributed by atoms with van der Waals surface area (Å²) in [7, 11) is -1.13. The van der Waals surface area contributed by atoms with Gasteiger partial charge in [0.1, 0.15) is 5.75 Å². The minimum Gasteiger partial charge on any atom is -0.495 e. The predicted octanol–water partition coefficient (Wildman–Crippen LogP) is 4.79. The Morgan fingerprint density at radius 2 is 1.62 bits per heavy atom. The molecule has 0 aliphatic rings. The average molecular weight is 464 g/mol.